The highest BCUT2D eigenvalue weighted by Gasteiger charge is 2.21. The van der Waals surface area contributed by atoms with E-state index in [1.807, 2.05) is 6.92 Å². The molecule has 0 aromatic heterocycles. The van der Waals surface area contributed by atoms with Gasteiger partial charge in [0.2, 0.25) is 10.0 Å². The second-order valence-corrected chi connectivity index (χ2v) is 7.22. The summed E-state index contributed by atoms with van der Waals surface area (Å²) in [5.41, 5.74) is 0. The summed E-state index contributed by atoms with van der Waals surface area (Å²) >= 11 is 12.2. The van der Waals surface area contributed by atoms with Gasteiger partial charge in [-0.1, -0.05) is 22.9 Å². The number of alkyl halides is 1. The van der Waals surface area contributed by atoms with E-state index in [9.17, 15) is 8.42 Å². The SMILES string of the molecule is CCC(CCl)NS(=O)(=O)c1cc(Br)ccc1Br. The van der Waals surface area contributed by atoms with Crippen molar-refractivity contribution in [2.24, 2.45) is 0 Å². The molecule has 0 aliphatic rings. The van der Waals surface area contributed by atoms with Crippen LogP contribution in [-0.4, -0.2) is 20.3 Å². The van der Waals surface area contributed by atoms with Crippen LogP contribution in [0.1, 0.15) is 13.3 Å². The molecule has 0 bridgehead atoms. The van der Waals surface area contributed by atoms with E-state index in [1.165, 1.54) is 0 Å². The molecule has 1 atom stereocenters. The standard InChI is InChI=1S/C10H12Br2ClNO2S/c1-2-8(6-13)14-17(15,16)10-5-7(11)3-4-9(10)12/h3-5,8,14H,2,6H2,1H3. The van der Waals surface area contributed by atoms with Gasteiger partial charge in [-0.3, -0.25) is 0 Å². The monoisotopic (exact) mass is 403 g/mol. The average Bonchev–Trinajstić information content (AvgIpc) is 2.29. The van der Waals surface area contributed by atoms with Crippen LogP contribution >= 0.6 is 43.5 Å². The first-order chi connectivity index (χ1) is 7.90. The van der Waals surface area contributed by atoms with Crippen LogP contribution in [-0.2, 0) is 10.0 Å². The number of rotatable bonds is 5. The van der Waals surface area contributed by atoms with E-state index in [4.69, 9.17) is 11.6 Å². The Morgan fingerprint density at radius 1 is 1.41 bits per heavy atom. The molecule has 1 rings (SSSR count). The van der Waals surface area contributed by atoms with Crippen LogP contribution in [0.3, 0.4) is 0 Å². The summed E-state index contributed by atoms with van der Waals surface area (Å²) < 4.78 is 28.0. The Bertz CT molecular complexity index is 489. The lowest BCUT2D eigenvalue weighted by Gasteiger charge is -2.15. The van der Waals surface area contributed by atoms with Crippen LogP contribution in [0.2, 0.25) is 0 Å². The van der Waals surface area contributed by atoms with Crippen LogP contribution in [0.15, 0.2) is 32.0 Å². The number of halogens is 3. The minimum atomic E-state index is -3.55. The van der Waals surface area contributed by atoms with E-state index in [2.05, 4.69) is 36.6 Å². The highest BCUT2D eigenvalue weighted by atomic mass is 79.9. The fraction of sp³-hybridized carbons (Fsp3) is 0.400. The molecule has 0 heterocycles. The maximum atomic E-state index is 12.1. The Balaban J connectivity index is 3.09. The maximum Gasteiger partial charge on any atom is 0.242 e. The zero-order valence-corrected chi connectivity index (χ0v) is 13.8. The quantitative estimate of drug-likeness (QED) is 0.762. The third-order valence-electron chi connectivity index (χ3n) is 2.18. The van der Waals surface area contributed by atoms with Gasteiger partial charge >= 0.3 is 0 Å². The molecule has 96 valence electrons. The largest absolute Gasteiger partial charge is 0.242 e. The Labute approximate surface area is 123 Å². The van der Waals surface area contributed by atoms with E-state index < -0.39 is 10.0 Å². The minimum Gasteiger partial charge on any atom is -0.207 e. The van der Waals surface area contributed by atoms with Gasteiger partial charge in [-0.05, 0) is 40.5 Å². The molecule has 3 nitrogen and oxygen atoms in total. The normalized spacial score (nSPS) is 13.6. The van der Waals surface area contributed by atoms with Gasteiger partial charge in [-0.15, -0.1) is 11.6 Å². The van der Waals surface area contributed by atoms with E-state index >= 15 is 0 Å². The Morgan fingerprint density at radius 2 is 2.06 bits per heavy atom. The van der Waals surface area contributed by atoms with Crippen LogP contribution < -0.4 is 4.72 Å². The second kappa shape index (κ2) is 6.52. The van der Waals surface area contributed by atoms with Gasteiger partial charge < -0.3 is 0 Å². The van der Waals surface area contributed by atoms with Crippen LogP contribution in [0.4, 0.5) is 0 Å². The summed E-state index contributed by atoms with van der Waals surface area (Å²) in [7, 11) is -3.55. The molecule has 17 heavy (non-hydrogen) atoms. The van der Waals surface area contributed by atoms with Crippen molar-refractivity contribution in [1.29, 1.82) is 0 Å². The van der Waals surface area contributed by atoms with Gasteiger partial charge in [0.05, 0.1) is 4.90 Å². The van der Waals surface area contributed by atoms with Crippen molar-refractivity contribution in [3.63, 3.8) is 0 Å². The molecule has 0 amide bonds. The molecule has 0 saturated carbocycles. The average molecular weight is 406 g/mol. The molecule has 1 aromatic rings. The summed E-state index contributed by atoms with van der Waals surface area (Å²) in [5.74, 6) is 0.251. The molecular weight excluding hydrogens is 393 g/mol. The van der Waals surface area contributed by atoms with E-state index in [-0.39, 0.29) is 16.8 Å². The zero-order valence-electron chi connectivity index (χ0n) is 9.08. The fourth-order valence-corrected chi connectivity index (χ4v) is 4.40. The number of nitrogens with one attached hydrogen (secondary N) is 1. The predicted octanol–water partition coefficient (Wildman–Crippen LogP) is 3.51. The van der Waals surface area contributed by atoms with Crippen molar-refractivity contribution in [1.82, 2.24) is 4.72 Å². The number of sulfonamides is 1. The Kier molecular flexibility index (Phi) is 5.92. The van der Waals surface area contributed by atoms with Crippen molar-refractivity contribution >= 4 is 53.5 Å². The van der Waals surface area contributed by atoms with Crippen molar-refractivity contribution in [3.05, 3.63) is 27.1 Å². The smallest absolute Gasteiger partial charge is 0.207 e. The van der Waals surface area contributed by atoms with Crippen molar-refractivity contribution < 1.29 is 8.42 Å². The molecule has 1 N–H and O–H groups in total. The topological polar surface area (TPSA) is 46.2 Å². The van der Waals surface area contributed by atoms with Gasteiger partial charge in [0.15, 0.2) is 0 Å². The Morgan fingerprint density at radius 3 is 2.59 bits per heavy atom. The fourth-order valence-electron chi connectivity index (χ4n) is 1.19. The van der Waals surface area contributed by atoms with Crippen molar-refractivity contribution in [2.45, 2.75) is 24.3 Å². The van der Waals surface area contributed by atoms with E-state index in [0.29, 0.717) is 15.4 Å². The first kappa shape index (κ1) is 15.4. The van der Waals surface area contributed by atoms with Crippen molar-refractivity contribution in [3.8, 4) is 0 Å². The lowest BCUT2D eigenvalue weighted by Crippen LogP contribution is -2.35. The molecule has 0 saturated heterocycles. The van der Waals surface area contributed by atoms with Gasteiger partial charge in [-0.2, -0.15) is 0 Å². The lowest BCUT2D eigenvalue weighted by molar-refractivity contribution is 0.557. The third kappa shape index (κ3) is 4.21. The zero-order chi connectivity index (χ0) is 13.1. The number of hydrogen-bond acceptors (Lipinski definition) is 2. The maximum absolute atomic E-state index is 12.1. The van der Waals surface area contributed by atoms with Crippen LogP contribution in [0, 0.1) is 0 Å². The lowest BCUT2D eigenvalue weighted by atomic mass is 10.3. The van der Waals surface area contributed by atoms with Gasteiger partial charge in [0, 0.05) is 20.9 Å². The molecule has 0 fully saturated rings. The third-order valence-corrected chi connectivity index (χ3v) is 5.56. The first-order valence-corrected chi connectivity index (χ1v) is 8.54. The van der Waals surface area contributed by atoms with Gasteiger partial charge in [-0.25, -0.2) is 13.1 Å². The van der Waals surface area contributed by atoms with E-state index in [1.54, 1.807) is 18.2 Å². The van der Waals surface area contributed by atoms with E-state index in [0.717, 1.165) is 0 Å². The molecule has 0 aliphatic heterocycles. The molecule has 0 aliphatic carbocycles. The highest BCUT2D eigenvalue weighted by Crippen LogP contribution is 2.25. The molecule has 1 aromatic carbocycles. The predicted molar refractivity (Wildman–Crippen MR) is 77.0 cm³/mol. The summed E-state index contributed by atoms with van der Waals surface area (Å²) in [4.78, 5) is 0.204. The van der Waals surface area contributed by atoms with Gasteiger partial charge in [0.25, 0.3) is 0 Å². The molecular formula is C10H12Br2ClNO2S. The summed E-state index contributed by atoms with van der Waals surface area (Å²) in [6, 6.07) is 4.74. The van der Waals surface area contributed by atoms with Crippen LogP contribution in [0.5, 0.6) is 0 Å². The number of benzene rings is 1. The Hall–Kier alpha value is 0.380. The van der Waals surface area contributed by atoms with Crippen LogP contribution in [0.25, 0.3) is 0 Å². The molecule has 1 unspecified atom stereocenters. The molecule has 0 radical (unpaired) electrons. The van der Waals surface area contributed by atoms with Crippen molar-refractivity contribution in [2.75, 3.05) is 5.88 Å². The molecule has 7 heteroatoms. The summed E-state index contributed by atoms with van der Waals surface area (Å²) in [6.45, 7) is 1.88. The number of hydrogen-bond donors (Lipinski definition) is 1. The highest BCUT2D eigenvalue weighted by molar-refractivity contribution is 9.11. The van der Waals surface area contributed by atoms with Gasteiger partial charge in [0.1, 0.15) is 0 Å². The minimum absolute atomic E-state index is 0.204. The summed E-state index contributed by atoms with van der Waals surface area (Å²) in [5, 5.41) is 0. The second-order valence-electron chi connectivity index (χ2n) is 3.46. The summed E-state index contributed by atoms with van der Waals surface area (Å²) in [6.07, 6.45) is 0.647. The molecule has 0 spiro atoms. The first-order valence-electron chi connectivity index (χ1n) is 4.94.